The maximum Gasteiger partial charge on any atom is 0.433 e. The first-order valence-electron chi connectivity index (χ1n) is 11.2. The number of hydrogen-bond donors (Lipinski definition) is 1. The Labute approximate surface area is 195 Å². The molecule has 0 bridgehead atoms. The number of likely N-dealkylation sites (tertiary alicyclic amines) is 1. The van der Waals surface area contributed by atoms with Crippen LogP contribution in [0.15, 0.2) is 54.9 Å². The van der Waals surface area contributed by atoms with Crippen molar-refractivity contribution in [2.45, 2.75) is 37.9 Å². The highest BCUT2D eigenvalue weighted by Gasteiger charge is 2.33. The van der Waals surface area contributed by atoms with Crippen molar-refractivity contribution in [3.8, 4) is 0 Å². The quantitative estimate of drug-likeness (QED) is 0.512. The number of pyridine rings is 2. The van der Waals surface area contributed by atoms with Crippen LogP contribution >= 0.6 is 0 Å². The Hall–Kier alpha value is -3.33. The van der Waals surface area contributed by atoms with E-state index in [-0.39, 0.29) is 30.1 Å². The maximum absolute atomic E-state index is 13.1. The van der Waals surface area contributed by atoms with E-state index in [9.17, 15) is 22.8 Å². The summed E-state index contributed by atoms with van der Waals surface area (Å²) in [4.78, 5) is 34.7. The lowest BCUT2D eigenvalue weighted by Gasteiger charge is -2.37. The van der Waals surface area contributed by atoms with Gasteiger partial charge < -0.3 is 5.73 Å². The van der Waals surface area contributed by atoms with Gasteiger partial charge in [0.25, 0.3) is 0 Å². The first kappa shape index (κ1) is 23.8. The van der Waals surface area contributed by atoms with Crippen molar-refractivity contribution < 1.29 is 22.8 Å². The molecule has 1 amide bonds. The lowest BCUT2D eigenvalue weighted by molar-refractivity contribution is -0.141. The molecule has 9 heteroatoms. The van der Waals surface area contributed by atoms with Gasteiger partial charge in [-0.2, -0.15) is 13.2 Å². The SMILES string of the molecule is NC(=O)C1CCN(C(CCC(=O)c2cccc3ncccc23)c2ccc(C(F)(F)F)nc2)CC1. The highest BCUT2D eigenvalue weighted by molar-refractivity contribution is 6.07. The average Bonchev–Trinajstić information content (AvgIpc) is 2.83. The third-order valence-electron chi connectivity index (χ3n) is 6.43. The van der Waals surface area contributed by atoms with Crippen LogP contribution in [0.1, 0.15) is 53.3 Å². The zero-order chi connectivity index (χ0) is 24.3. The summed E-state index contributed by atoms with van der Waals surface area (Å²) in [5, 5.41) is 0.769. The molecule has 178 valence electrons. The van der Waals surface area contributed by atoms with Crippen LogP contribution in [0.25, 0.3) is 10.9 Å². The summed E-state index contributed by atoms with van der Waals surface area (Å²) in [7, 11) is 0. The molecule has 0 aliphatic carbocycles. The second-order valence-electron chi connectivity index (χ2n) is 8.54. The number of alkyl halides is 3. The van der Waals surface area contributed by atoms with Crippen LogP contribution in [0.2, 0.25) is 0 Å². The van der Waals surface area contributed by atoms with Crippen LogP contribution in [-0.2, 0) is 11.0 Å². The largest absolute Gasteiger partial charge is 0.433 e. The third-order valence-corrected chi connectivity index (χ3v) is 6.43. The molecule has 6 nitrogen and oxygen atoms in total. The smallest absolute Gasteiger partial charge is 0.369 e. The Balaban J connectivity index is 1.55. The lowest BCUT2D eigenvalue weighted by Crippen LogP contribution is -2.40. The Kier molecular flexibility index (Phi) is 6.92. The number of primary amides is 1. The summed E-state index contributed by atoms with van der Waals surface area (Å²) in [6.07, 6.45) is 0.136. The number of aromatic nitrogens is 2. The fourth-order valence-corrected chi connectivity index (χ4v) is 4.57. The first-order valence-corrected chi connectivity index (χ1v) is 11.2. The number of carbonyl (C=O) groups is 2. The van der Waals surface area contributed by atoms with Crippen LogP contribution in [-0.4, -0.2) is 39.6 Å². The predicted octanol–water partition coefficient (Wildman–Crippen LogP) is 4.55. The summed E-state index contributed by atoms with van der Waals surface area (Å²) >= 11 is 0. The Morgan fingerprint density at radius 1 is 1.06 bits per heavy atom. The lowest BCUT2D eigenvalue weighted by atomic mass is 9.91. The molecule has 2 aromatic heterocycles. The molecule has 1 fully saturated rings. The van der Waals surface area contributed by atoms with Gasteiger partial charge in [0.05, 0.1) is 5.52 Å². The van der Waals surface area contributed by atoms with Crippen molar-refractivity contribution in [2.75, 3.05) is 13.1 Å². The molecule has 1 saturated heterocycles. The molecule has 0 saturated carbocycles. The minimum atomic E-state index is -4.52. The van der Waals surface area contributed by atoms with Gasteiger partial charge in [-0.25, -0.2) is 0 Å². The van der Waals surface area contributed by atoms with Crippen molar-refractivity contribution in [3.63, 3.8) is 0 Å². The highest BCUT2D eigenvalue weighted by atomic mass is 19.4. The monoisotopic (exact) mass is 470 g/mol. The summed E-state index contributed by atoms with van der Waals surface area (Å²) < 4.78 is 39.0. The zero-order valence-corrected chi connectivity index (χ0v) is 18.5. The summed E-state index contributed by atoms with van der Waals surface area (Å²) in [6, 6.07) is 11.1. The Morgan fingerprint density at radius 3 is 2.47 bits per heavy atom. The second-order valence-corrected chi connectivity index (χ2v) is 8.54. The van der Waals surface area contributed by atoms with Crippen LogP contribution < -0.4 is 5.73 Å². The molecular weight excluding hydrogens is 445 g/mol. The molecule has 4 rings (SSSR count). The van der Waals surface area contributed by atoms with Crippen molar-refractivity contribution in [3.05, 3.63) is 71.7 Å². The number of ketones is 1. The van der Waals surface area contributed by atoms with E-state index in [2.05, 4.69) is 14.9 Å². The van der Waals surface area contributed by atoms with E-state index < -0.39 is 11.9 Å². The van der Waals surface area contributed by atoms with Gasteiger partial charge in [-0.3, -0.25) is 24.5 Å². The number of piperidine rings is 1. The van der Waals surface area contributed by atoms with Gasteiger partial charge in [-0.05, 0) is 56.1 Å². The number of hydrogen-bond acceptors (Lipinski definition) is 5. The van der Waals surface area contributed by atoms with E-state index in [0.29, 0.717) is 43.5 Å². The van der Waals surface area contributed by atoms with Gasteiger partial charge in [0.15, 0.2) is 5.78 Å². The predicted molar refractivity (Wildman–Crippen MR) is 121 cm³/mol. The highest BCUT2D eigenvalue weighted by Crippen LogP contribution is 2.33. The third kappa shape index (κ3) is 5.25. The van der Waals surface area contributed by atoms with Crippen molar-refractivity contribution in [1.82, 2.24) is 14.9 Å². The minimum absolute atomic E-state index is 0.0597. The molecule has 1 aliphatic heterocycles. The molecule has 0 radical (unpaired) electrons. The number of nitrogens with two attached hydrogens (primary N) is 1. The number of fused-ring (bicyclic) bond motifs is 1. The minimum Gasteiger partial charge on any atom is -0.369 e. The molecule has 1 aliphatic rings. The van der Waals surface area contributed by atoms with Crippen LogP contribution in [0.4, 0.5) is 13.2 Å². The van der Waals surface area contributed by atoms with Gasteiger partial charge in [-0.1, -0.05) is 24.3 Å². The number of rotatable bonds is 7. The van der Waals surface area contributed by atoms with Crippen LogP contribution in [0, 0.1) is 5.92 Å². The molecule has 1 unspecified atom stereocenters. The maximum atomic E-state index is 13.1. The van der Waals surface area contributed by atoms with Crippen molar-refractivity contribution in [2.24, 2.45) is 11.7 Å². The van der Waals surface area contributed by atoms with Gasteiger partial charge in [0.1, 0.15) is 5.69 Å². The van der Waals surface area contributed by atoms with Gasteiger partial charge >= 0.3 is 6.18 Å². The van der Waals surface area contributed by atoms with Crippen LogP contribution in [0.3, 0.4) is 0 Å². The molecule has 3 aromatic rings. The number of carbonyl (C=O) groups excluding carboxylic acids is 2. The Bertz CT molecular complexity index is 1170. The van der Waals surface area contributed by atoms with E-state index in [1.807, 2.05) is 12.1 Å². The number of benzene rings is 1. The van der Waals surface area contributed by atoms with Crippen molar-refractivity contribution in [1.29, 1.82) is 0 Å². The molecule has 34 heavy (non-hydrogen) atoms. The summed E-state index contributed by atoms with van der Waals surface area (Å²) in [5.41, 5.74) is 6.39. The summed E-state index contributed by atoms with van der Waals surface area (Å²) in [6.45, 7) is 1.12. The fourth-order valence-electron chi connectivity index (χ4n) is 4.57. The topological polar surface area (TPSA) is 89.2 Å². The Morgan fingerprint density at radius 2 is 1.82 bits per heavy atom. The average molecular weight is 470 g/mol. The van der Waals surface area contributed by atoms with Gasteiger partial charge in [0.2, 0.25) is 5.91 Å². The fraction of sp³-hybridized carbons (Fsp3) is 0.360. The van der Waals surface area contributed by atoms with Gasteiger partial charge in [-0.15, -0.1) is 0 Å². The number of amides is 1. The zero-order valence-electron chi connectivity index (χ0n) is 18.5. The normalized spacial score (nSPS) is 16.4. The van der Waals surface area contributed by atoms with E-state index >= 15 is 0 Å². The van der Waals surface area contributed by atoms with Crippen molar-refractivity contribution >= 4 is 22.6 Å². The van der Waals surface area contributed by atoms with Crippen LogP contribution in [0.5, 0.6) is 0 Å². The first-order chi connectivity index (χ1) is 16.2. The molecule has 2 N–H and O–H groups in total. The number of Topliss-reactive ketones (excluding diaryl/α,β-unsaturated/α-hetero) is 1. The van der Waals surface area contributed by atoms with E-state index in [4.69, 9.17) is 5.73 Å². The number of nitrogens with zero attached hydrogens (tertiary/aromatic N) is 3. The standard InChI is InChI=1S/C25H25F3N4O2/c26-25(27,28)23-9-6-17(15-31-23)21(32-13-10-16(11-14-32)24(29)34)7-8-22(33)19-3-1-5-20-18(19)4-2-12-30-20/h1-6,9,12,15-16,21H,7-8,10-11,13-14H2,(H2,29,34). The second kappa shape index (κ2) is 9.89. The van der Waals surface area contributed by atoms with E-state index in [1.165, 1.54) is 12.3 Å². The van der Waals surface area contributed by atoms with E-state index in [1.54, 1.807) is 24.4 Å². The molecule has 3 heterocycles. The molecule has 1 atom stereocenters. The molecule has 1 aromatic carbocycles. The molecular formula is C25H25F3N4O2. The number of halogens is 3. The summed E-state index contributed by atoms with van der Waals surface area (Å²) in [5.74, 6) is -0.616. The molecule has 0 spiro atoms. The van der Waals surface area contributed by atoms with E-state index in [0.717, 1.165) is 17.0 Å². The van der Waals surface area contributed by atoms with Gasteiger partial charge in [0, 0.05) is 41.7 Å².